The molecular weight excluding hydrogens is 266 g/mol. The number of para-hydroxylation sites is 1. The maximum absolute atomic E-state index is 12.1. The summed E-state index contributed by atoms with van der Waals surface area (Å²) in [6, 6.07) is 5.39. The van der Waals surface area contributed by atoms with E-state index < -0.39 is 0 Å². The Hall–Kier alpha value is -1.75. The lowest BCUT2D eigenvalue weighted by Gasteiger charge is -2.27. The lowest BCUT2D eigenvalue weighted by molar-refractivity contribution is 0.0527. The molecule has 1 aromatic carbocycles. The van der Waals surface area contributed by atoms with E-state index in [2.05, 4.69) is 30.8 Å². The fourth-order valence-corrected chi connectivity index (χ4v) is 2.29. The smallest absolute Gasteiger partial charge is 0.340 e. The monoisotopic (exact) mass is 293 g/mol. The molecule has 1 rings (SSSR count). The molecular formula is C16H27N3O2. The van der Waals surface area contributed by atoms with Crippen LogP contribution in [0, 0.1) is 0 Å². The predicted molar refractivity (Wildman–Crippen MR) is 87.9 cm³/mol. The molecule has 0 aliphatic rings. The van der Waals surface area contributed by atoms with Gasteiger partial charge in [-0.15, -0.1) is 0 Å². The maximum Gasteiger partial charge on any atom is 0.340 e. The highest BCUT2D eigenvalue weighted by Crippen LogP contribution is 2.28. The number of benzene rings is 1. The molecule has 0 fully saturated rings. The summed E-state index contributed by atoms with van der Waals surface area (Å²) in [6.45, 7) is 6.89. The molecule has 0 bridgehead atoms. The second-order valence-electron chi connectivity index (χ2n) is 5.20. The van der Waals surface area contributed by atoms with Crippen LogP contribution in [0.5, 0.6) is 0 Å². The molecule has 118 valence electrons. The first-order valence-electron chi connectivity index (χ1n) is 7.46. The number of nitrogens with two attached hydrogens (primary N) is 1. The first-order valence-corrected chi connectivity index (χ1v) is 7.46. The maximum atomic E-state index is 12.1. The fraction of sp³-hybridized carbons (Fsp3) is 0.562. The largest absolute Gasteiger partial charge is 0.462 e. The Balaban J connectivity index is 2.98. The first kappa shape index (κ1) is 17.3. The molecule has 0 aliphatic heterocycles. The number of nitrogen functional groups attached to an aromatic ring is 1. The number of esters is 1. The molecule has 0 aliphatic carbocycles. The van der Waals surface area contributed by atoms with Crippen LogP contribution in [0.25, 0.3) is 0 Å². The molecule has 0 amide bonds. The van der Waals surface area contributed by atoms with E-state index in [1.54, 1.807) is 19.1 Å². The fourth-order valence-electron chi connectivity index (χ4n) is 2.29. The zero-order valence-electron chi connectivity index (χ0n) is 13.6. The van der Waals surface area contributed by atoms with Crippen molar-refractivity contribution in [2.45, 2.75) is 20.3 Å². The number of nitrogens with zero attached hydrogens (tertiary/aromatic N) is 2. The minimum atomic E-state index is -0.314. The standard InChI is InChI=1S/C16H27N3O2/c1-5-19(12-8-11-18(3)4)15-13(16(20)21-6-2)9-7-10-14(15)17/h7,9-10H,5-6,8,11-12,17H2,1-4H3. The van der Waals surface area contributed by atoms with Gasteiger partial charge in [-0.2, -0.15) is 0 Å². The third-order valence-electron chi connectivity index (χ3n) is 3.29. The number of carbonyl (C=O) groups is 1. The number of hydrogen-bond acceptors (Lipinski definition) is 5. The van der Waals surface area contributed by atoms with E-state index >= 15 is 0 Å². The molecule has 0 saturated heterocycles. The van der Waals surface area contributed by atoms with Gasteiger partial charge in [0.25, 0.3) is 0 Å². The summed E-state index contributed by atoms with van der Waals surface area (Å²) in [4.78, 5) is 16.4. The summed E-state index contributed by atoms with van der Waals surface area (Å²) < 4.78 is 5.13. The van der Waals surface area contributed by atoms with Crippen LogP contribution >= 0.6 is 0 Å². The molecule has 0 atom stereocenters. The van der Waals surface area contributed by atoms with Crippen LogP contribution in [0.2, 0.25) is 0 Å². The second kappa shape index (κ2) is 8.52. The van der Waals surface area contributed by atoms with Gasteiger partial charge in [0.1, 0.15) is 0 Å². The first-order chi connectivity index (χ1) is 10.0. The van der Waals surface area contributed by atoms with Crippen molar-refractivity contribution in [3.05, 3.63) is 23.8 Å². The van der Waals surface area contributed by atoms with Crippen LogP contribution in [-0.2, 0) is 4.74 Å². The lowest BCUT2D eigenvalue weighted by Crippen LogP contribution is -2.29. The van der Waals surface area contributed by atoms with Gasteiger partial charge in [0.05, 0.1) is 23.5 Å². The molecule has 0 radical (unpaired) electrons. The van der Waals surface area contributed by atoms with Gasteiger partial charge in [0.2, 0.25) is 0 Å². The topological polar surface area (TPSA) is 58.8 Å². The highest BCUT2D eigenvalue weighted by Gasteiger charge is 2.19. The van der Waals surface area contributed by atoms with Crippen LogP contribution in [0.3, 0.4) is 0 Å². The van der Waals surface area contributed by atoms with Crippen LogP contribution in [0.4, 0.5) is 11.4 Å². The Bertz CT molecular complexity index is 461. The quantitative estimate of drug-likeness (QED) is 0.588. The van der Waals surface area contributed by atoms with E-state index in [9.17, 15) is 4.79 Å². The van der Waals surface area contributed by atoms with Gasteiger partial charge >= 0.3 is 5.97 Å². The molecule has 2 N–H and O–H groups in total. The van der Waals surface area contributed by atoms with Crippen molar-refractivity contribution in [3.8, 4) is 0 Å². The van der Waals surface area contributed by atoms with Crippen molar-refractivity contribution in [1.82, 2.24) is 4.90 Å². The van der Waals surface area contributed by atoms with Crippen molar-refractivity contribution in [1.29, 1.82) is 0 Å². The van der Waals surface area contributed by atoms with Crippen LogP contribution < -0.4 is 10.6 Å². The van der Waals surface area contributed by atoms with E-state index in [0.29, 0.717) is 17.9 Å². The number of rotatable bonds is 8. The minimum absolute atomic E-state index is 0.314. The number of anilines is 2. The second-order valence-corrected chi connectivity index (χ2v) is 5.20. The third kappa shape index (κ3) is 4.93. The highest BCUT2D eigenvalue weighted by atomic mass is 16.5. The molecule has 5 heteroatoms. The number of hydrogen-bond donors (Lipinski definition) is 1. The Kier molecular flexibility index (Phi) is 7.02. The van der Waals surface area contributed by atoms with Crippen molar-refractivity contribution in [3.63, 3.8) is 0 Å². The van der Waals surface area contributed by atoms with Gasteiger partial charge in [-0.25, -0.2) is 4.79 Å². The Morgan fingerprint density at radius 2 is 1.95 bits per heavy atom. The SMILES string of the molecule is CCOC(=O)c1cccc(N)c1N(CC)CCCN(C)C. The molecule has 0 spiro atoms. The van der Waals surface area contributed by atoms with Crippen molar-refractivity contribution in [2.24, 2.45) is 0 Å². The van der Waals surface area contributed by atoms with Crippen molar-refractivity contribution < 1.29 is 9.53 Å². The number of carbonyl (C=O) groups excluding carboxylic acids is 1. The van der Waals surface area contributed by atoms with Crippen molar-refractivity contribution >= 4 is 17.3 Å². The summed E-state index contributed by atoms with van der Waals surface area (Å²) in [5.41, 5.74) is 8.06. The number of ether oxygens (including phenoxy) is 1. The summed E-state index contributed by atoms with van der Waals surface area (Å²) in [5.74, 6) is -0.314. The van der Waals surface area contributed by atoms with Crippen LogP contribution in [0.1, 0.15) is 30.6 Å². The molecule has 21 heavy (non-hydrogen) atoms. The average molecular weight is 293 g/mol. The summed E-state index contributed by atoms with van der Waals surface area (Å²) in [6.07, 6.45) is 1.01. The molecule has 0 unspecified atom stereocenters. The summed E-state index contributed by atoms with van der Waals surface area (Å²) >= 11 is 0. The highest BCUT2D eigenvalue weighted by molar-refractivity contribution is 5.99. The van der Waals surface area contributed by atoms with Gasteiger partial charge in [-0.1, -0.05) is 6.07 Å². The van der Waals surface area contributed by atoms with Crippen LogP contribution in [-0.4, -0.2) is 51.2 Å². The summed E-state index contributed by atoms with van der Waals surface area (Å²) in [7, 11) is 4.11. The Morgan fingerprint density at radius 3 is 2.52 bits per heavy atom. The molecule has 5 nitrogen and oxygen atoms in total. The molecule has 0 saturated carbocycles. The normalized spacial score (nSPS) is 10.7. The zero-order chi connectivity index (χ0) is 15.8. The van der Waals surface area contributed by atoms with Gasteiger partial charge in [0, 0.05) is 13.1 Å². The van der Waals surface area contributed by atoms with E-state index in [4.69, 9.17) is 10.5 Å². The van der Waals surface area contributed by atoms with E-state index in [1.165, 1.54) is 0 Å². The third-order valence-corrected chi connectivity index (χ3v) is 3.29. The lowest BCUT2D eigenvalue weighted by atomic mass is 10.1. The van der Waals surface area contributed by atoms with Crippen molar-refractivity contribution in [2.75, 3.05) is 51.0 Å². The minimum Gasteiger partial charge on any atom is -0.462 e. The molecule has 0 heterocycles. The predicted octanol–water partition coefficient (Wildman–Crippen LogP) is 2.22. The van der Waals surface area contributed by atoms with Gasteiger partial charge in [0.15, 0.2) is 0 Å². The van der Waals surface area contributed by atoms with Gasteiger partial charge < -0.3 is 20.3 Å². The van der Waals surface area contributed by atoms with E-state index in [-0.39, 0.29) is 5.97 Å². The average Bonchev–Trinajstić information content (AvgIpc) is 2.44. The van der Waals surface area contributed by atoms with Gasteiger partial charge in [-0.05, 0) is 53.0 Å². The molecule has 1 aromatic rings. The van der Waals surface area contributed by atoms with Crippen LogP contribution in [0.15, 0.2) is 18.2 Å². The molecule has 0 aromatic heterocycles. The Labute approximate surface area is 127 Å². The van der Waals surface area contributed by atoms with Gasteiger partial charge in [-0.3, -0.25) is 0 Å². The Morgan fingerprint density at radius 1 is 1.24 bits per heavy atom. The zero-order valence-corrected chi connectivity index (χ0v) is 13.6. The van der Waals surface area contributed by atoms with E-state index in [0.717, 1.165) is 31.7 Å². The summed E-state index contributed by atoms with van der Waals surface area (Å²) in [5, 5.41) is 0. The van der Waals surface area contributed by atoms with E-state index in [1.807, 2.05) is 6.07 Å².